The van der Waals surface area contributed by atoms with E-state index in [1.807, 2.05) is 5.57 Å². The van der Waals surface area contributed by atoms with Gasteiger partial charge in [-0.1, -0.05) is 84.0 Å². The van der Waals surface area contributed by atoms with E-state index in [0.29, 0.717) is 37.6 Å². The van der Waals surface area contributed by atoms with Crippen LogP contribution in [0.25, 0.3) is 120 Å². The van der Waals surface area contributed by atoms with Crippen molar-refractivity contribution in [2.75, 3.05) is 33.5 Å². The van der Waals surface area contributed by atoms with Crippen molar-refractivity contribution in [1.29, 1.82) is 0 Å². The second-order valence-electron chi connectivity index (χ2n) is 20.5. The molecule has 6 unspecified atom stereocenters. The largest absolute Gasteiger partial charge is 0.382 e. The monoisotopic (exact) mass is 779 g/mol. The van der Waals surface area contributed by atoms with Crippen LogP contribution in [0, 0.1) is 17.3 Å². The summed E-state index contributed by atoms with van der Waals surface area (Å²) in [7, 11) is 1.78. The lowest BCUT2D eigenvalue weighted by Gasteiger charge is -2.44. The molecule has 3 nitrogen and oxygen atoms in total. The first-order valence-corrected chi connectivity index (χ1v) is 23.0. The van der Waals surface area contributed by atoms with Gasteiger partial charge in [0.05, 0.1) is 19.8 Å². The number of benzene rings is 8. The van der Waals surface area contributed by atoms with Crippen molar-refractivity contribution in [3.8, 4) is 0 Å². The Labute approximate surface area is 348 Å². The number of rotatable bonds is 8. The van der Waals surface area contributed by atoms with Crippen LogP contribution in [0.15, 0.2) is 84.9 Å². The first-order chi connectivity index (χ1) is 30.3. The third-order valence-corrected chi connectivity index (χ3v) is 18.7. The minimum Gasteiger partial charge on any atom is -0.382 e. The van der Waals surface area contributed by atoms with Gasteiger partial charge in [0.15, 0.2) is 0 Å². The first kappa shape index (κ1) is 30.2. The molecule has 12 aromatic rings. The Kier molecular flexibility index (Phi) is 4.55. The van der Waals surface area contributed by atoms with Gasteiger partial charge in [-0.2, -0.15) is 0 Å². The van der Waals surface area contributed by atoms with E-state index in [0.717, 1.165) is 19.4 Å². The number of fused-ring (bicyclic) bond motifs is 1. The Hall–Kier alpha value is -5.84. The number of hydrogen-bond donors (Lipinski definition) is 0. The normalized spacial score (nSPS) is 26.8. The Bertz CT molecular complexity index is 4300. The number of ether oxygens (including phenoxy) is 2. The summed E-state index contributed by atoms with van der Waals surface area (Å²) in [5.74, 6) is 1.19. The fraction of sp³-hybridized carbons (Fsp3) is 0.241. The molecule has 6 atom stereocenters. The molecular weight excluding hydrogens is 743 g/mol. The van der Waals surface area contributed by atoms with Gasteiger partial charge in [-0.25, -0.2) is 0 Å². The summed E-state index contributed by atoms with van der Waals surface area (Å²) >= 11 is 0. The Morgan fingerprint density at radius 1 is 0.607 bits per heavy atom. The summed E-state index contributed by atoms with van der Waals surface area (Å²) in [6.07, 6.45) is 6.16. The smallest absolute Gasteiger partial charge is 0.0700 e. The van der Waals surface area contributed by atoms with Crippen LogP contribution < -0.4 is 20.9 Å². The molecule has 0 radical (unpaired) electrons. The quantitative estimate of drug-likeness (QED) is 0.113. The molecule has 7 aliphatic rings. The molecule has 12 aromatic carbocycles. The summed E-state index contributed by atoms with van der Waals surface area (Å²) in [5, 5.41) is 35.1. The van der Waals surface area contributed by atoms with E-state index in [1.54, 1.807) is 126 Å². The van der Waals surface area contributed by atoms with Crippen LogP contribution in [-0.4, -0.2) is 38.4 Å². The Balaban J connectivity index is 1.08. The third kappa shape index (κ3) is 2.73. The van der Waals surface area contributed by atoms with E-state index in [1.165, 1.54) is 38.9 Å². The van der Waals surface area contributed by atoms with Crippen LogP contribution >= 0.6 is 0 Å². The fourth-order valence-electron chi connectivity index (χ4n) is 17.6. The summed E-state index contributed by atoms with van der Waals surface area (Å²) < 4.78 is 11.9. The SMILES string of the molecule is COCCOCCN1C(c2ccccc2)C2C3=c4c5c6c7c8c9c(cc%10cc%11cc%12cc%13c%14c(c4c6c4c%14c%12c6c%11c%10c9c7c64)=C(C3)C%13)=CC3CC2(C=5C83)C1c1ccccc1. The topological polar surface area (TPSA) is 21.7 Å². The van der Waals surface area contributed by atoms with Gasteiger partial charge in [0, 0.05) is 43.0 Å². The zero-order valence-electron chi connectivity index (χ0n) is 33.8. The van der Waals surface area contributed by atoms with Gasteiger partial charge in [-0.3, -0.25) is 4.90 Å². The van der Waals surface area contributed by atoms with E-state index in [4.69, 9.17) is 9.47 Å². The molecule has 0 N–H and O–H groups in total. The van der Waals surface area contributed by atoms with Crippen molar-refractivity contribution in [1.82, 2.24) is 4.90 Å². The molecular formula is C58H37NO2. The van der Waals surface area contributed by atoms with E-state index >= 15 is 0 Å². The second kappa shape index (κ2) is 9.17. The van der Waals surface area contributed by atoms with E-state index in [-0.39, 0.29) is 17.5 Å². The minimum absolute atomic E-state index is 0.0848. The number of nitrogens with zero attached hydrogens (tertiary/aromatic N) is 1. The fourth-order valence-corrected chi connectivity index (χ4v) is 17.6. The molecule has 0 bridgehead atoms. The van der Waals surface area contributed by atoms with Crippen LogP contribution in [0.2, 0.25) is 0 Å². The van der Waals surface area contributed by atoms with Crippen LogP contribution in [0.3, 0.4) is 0 Å². The average molecular weight is 780 g/mol. The molecule has 3 heteroatoms. The highest BCUT2D eigenvalue weighted by molar-refractivity contribution is 6.59. The summed E-state index contributed by atoms with van der Waals surface area (Å²) in [6, 6.07) is 34.4. The molecule has 1 spiro atoms. The first-order valence-electron chi connectivity index (χ1n) is 23.0. The van der Waals surface area contributed by atoms with Gasteiger partial charge in [-0.15, -0.1) is 0 Å². The predicted molar refractivity (Wildman–Crippen MR) is 248 cm³/mol. The predicted octanol–water partition coefficient (Wildman–Crippen LogP) is 9.53. The van der Waals surface area contributed by atoms with Gasteiger partial charge >= 0.3 is 0 Å². The molecule has 61 heavy (non-hydrogen) atoms. The standard InChI is InChI=1S/C58H37NO2/c1-60-14-15-61-13-12-59-56(24-8-4-2-5-9-24)54-33-22-31-20-28-18-29-17-26-16-27-19-30-21-32-23-58(54,57(59)25-10-6-3-7-11-25)55-40(32)45-39(30)44-35(27)34(26)42-38(29)43-36(28)37(31)46-41(33)53(55)52-50(45)48(44)47(42)49(43)51(46)52/h2-11,16-19,21,32,40,54,56-57H,12-15,20,22-23H2,1H3. The van der Waals surface area contributed by atoms with E-state index in [9.17, 15) is 0 Å². The molecule has 0 aromatic heterocycles. The summed E-state index contributed by atoms with van der Waals surface area (Å²) in [6.45, 7) is 2.82. The zero-order chi connectivity index (χ0) is 38.7. The maximum absolute atomic E-state index is 6.46. The Morgan fingerprint density at radius 3 is 2.11 bits per heavy atom. The number of hydrogen-bond acceptors (Lipinski definition) is 3. The Morgan fingerprint density at radius 2 is 1.30 bits per heavy atom. The van der Waals surface area contributed by atoms with Crippen molar-refractivity contribution < 1.29 is 9.47 Å². The summed E-state index contributed by atoms with van der Waals surface area (Å²) in [5.41, 5.74) is 11.4. The molecule has 2 fully saturated rings. The maximum Gasteiger partial charge on any atom is 0.0700 e. The van der Waals surface area contributed by atoms with Crippen LogP contribution in [0.4, 0.5) is 0 Å². The third-order valence-electron chi connectivity index (χ3n) is 18.7. The van der Waals surface area contributed by atoms with Crippen molar-refractivity contribution in [2.24, 2.45) is 17.3 Å². The molecule has 6 aliphatic carbocycles. The van der Waals surface area contributed by atoms with Crippen LogP contribution in [0.1, 0.15) is 53.1 Å². The van der Waals surface area contributed by atoms with Crippen molar-refractivity contribution in [3.05, 3.63) is 128 Å². The van der Waals surface area contributed by atoms with Gasteiger partial charge < -0.3 is 9.47 Å². The lowest BCUT2D eigenvalue weighted by molar-refractivity contribution is 0.0436. The van der Waals surface area contributed by atoms with E-state index in [2.05, 4.69) is 95.9 Å². The van der Waals surface area contributed by atoms with Gasteiger partial charge in [0.25, 0.3) is 0 Å². The lowest BCUT2D eigenvalue weighted by atomic mass is 9.58. The summed E-state index contributed by atoms with van der Waals surface area (Å²) in [4.78, 5) is 2.97. The van der Waals surface area contributed by atoms with Crippen molar-refractivity contribution in [2.45, 2.75) is 37.3 Å². The maximum atomic E-state index is 6.46. The highest BCUT2D eigenvalue weighted by Crippen LogP contribution is 2.77. The molecule has 1 saturated heterocycles. The van der Waals surface area contributed by atoms with Gasteiger partial charge in [-0.05, 0) is 189 Å². The van der Waals surface area contributed by atoms with Crippen LogP contribution in [-0.2, 0) is 15.9 Å². The molecule has 1 heterocycles. The number of likely N-dealkylation sites (tertiary alicyclic amines) is 1. The average Bonchev–Trinajstić information content (AvgIpc) is 4.14. The lowest BCUT2D eigenvalue weighted by Crippen LogP contribution is -2.47. The molecule has 286 valence electrons. The highest BCUT2D eigenvalue weighted by atomic mass is 16.5. The minimum atomic E-state index is -0.0848. The second-order valence-corrected chi connectivity index (χ2v) is 20.5. The zero-order valence-corrected chi connectivity index (χ0v) is 33.8. The number of methoxy groups -OCH3 is 1. The molecule has 1 saturated carbocycles. The van der Waals surface area contributed by atoms with Crippen LogP contribution in [0.5, 0.6) is 0 Å². The highest BCUT2D eigenvalue weighted by Gasteiger charge is 2.69. The van der Waals surface area contributed by atoms with E-state index < -0.39 is 0 Å². The van der Waals surface area contributed by atoms with Crippen molar-refractivity contribution >= 4 is 120 Å². The van der Waals surface area contributed by atoms with Gasteiger partial charge in [0.2, 0.25) is 0 Å². The molecule has 1 aliphatic heterocycles. The molecule has 0 amide bonds. The molecule has 19 rings (SSSR count). The van der Waals surface area contributed by atoms with Crippen molar-refractivity contribution in [3.63, 3.8) is 0 Å². The van der Waals surface area contributed by atoms with Gasteiger partial charge in [0.1, 0.15) is 0 Å².